The molecule has 1 aliphatic carbocycles. The van der Waals surface area contributed by atoms with Crippen LogP contribution in [0.25, 0.3) is 0 Å². The lowest BCUT2D eigenvalue weighted by Gasteiger charge is -2.27. The Balaban J connectivity index is 1.97. The lowest BCUT2D eigenvalue weighted by molar-refractivity contribution is -0.149. The monoisotopic (exact) mass is 379 g/mol. The zero-order valence-electron chi connectivity index (χ0n) is 13.7. The van der Waals surface area contributed by atoms with Gasteiger partial charge in [-0.2, -0.15) is 13.2 Å². The Kier molecular flexibility index (Phi) is 6.10. The minimum Gasteiger partial charge on any atom is -0.466 e. The molecule has 0 radical (unpaired) electrons. The molecule has 0 heterocycles. The first kappa shape index (κ1) is 19.7. The fourth-order valence-electron chi connectivity index (χ4n) is 2.82. The number of ether oxygens (including phenoxy) is 1. The molecular formula is C16H20F3NO4S. The number of benzene rings is 1. The summed E-state index contributed by atoms with van der Waals surface area (Å²) in [5, 5.41) is 0. The van der Waals surface area contributed by atoms with E-state index in [4.69, 9.17) is 4.74 Å². The highest BCUT2D eigenvalue weighted by molar-refractivity contribution is 7.89. The van der Waals surface area contributed by atoms with Gasteiger partial charge in [-0.15, -0.1) is 0 Å². The summed E-state index contributed by atoms with van der Waals surface area (Å²) in [5.74, 6) is -0.502. The highest BCUT2D eigenvalue weighted by atomic mass is 32.2. The predicted molar refractivity (Wildman–Crippen MR) is 84.1 cm³/mol. The molecule has 1 saturated carbocycles. The van der Waals surface area contributed by atoms with Gasteiger partial charge in [-0.3, -0.25) is 4.79 Å². The maximum atomic E-state index is 12.5. The first-order valence-electron chi connectivity index (χ1n) is 7.99. The molecule has 0 aromatic heterocycles. The van der Waals surface area contributed by atoms with Crippen LogP contribution in [0.1, 0.15) is 38.2 Å². The molecule has 0 spiro atoms. The average molecular weight is 379 g/mol. The molecule has 2 rings (SSSR count). The number of halogens is 3. The Hall–Kier alpha value is -1.61. The van der Waals surface area contributed by atoms with Crippen molar-refractivity contribution in [2.75, 3.05) is 6.61 Å². The van der Waals surface area contributed by atoms with E-state index < -0.39 is 21.8 Å². The maximum absolute atomic E-state index is 12.5. The van der Waals surface area contributed by atoms with E-state index in [1.54, 1.807) is 6.92 Å². The molecule has 1 fully saturated rings. The van der Waals surface area contributed by atoms with E-state index >= 15 is 0 Å². The number of carbonyl (C=O) groups excluding carboxylic acids is 1. The third kappa shape index (κ3) is 5.18. The second-order valence-electron chi connectivity index (χ2n) is 5.94. The van der Waals surface area contributed by atoms with Gasteiger partial charge in [0.1, 0.15) is 0 Å². The van der Waals surface area contributed by atoms with Gasteiger partial charge < -0.3 is 4.74 Å². The van der Waals surface area contributed by atoms with E-state index in [9.17, 15) is 26.4 Å². The summed E-state index contributed by atoms with van der Waals surface area (Å²) < 4.78 is 69.7. The van der Waals surface area contributed by atoms with Crippen molar-refractivity contribution in [3.8, 4) is 0 Å². The van der Waals surface area contributed by atoms with Gasteiger partial charge in [0.2, 0.25) is 10.0 Å². The van der Waals surface area contributed by atoms with Gasteiger partial charge in [0.15, 0.2) is 0 Å². The average Bonchev–Trinajstić information content (AvgIpc) is 2.55. The number of hydrogen-bond donors (Lipinski definition) is 1. The van der Waals surface area contributed by atoms with Crippen LogP contribution in [0.2, 0.25) is 0 Å². The fourth-order valence-corrected chi connectivity index (χ4v) is 4.12. The van der Waals surface area contributed by atoms with Crippen LogP contribution in [0.4, 0.5) is 13.2 Å². The van der Waals surface area contributed by atoms with Gasteiger partial charge in [0.25, 0.3) is 0 Å². The zero-order chi connectivity index (χ0) is 18.7. The molecule has 1 N–H and O–H groups in total. The SMILES string of the molecule is CCOC(=O)[C@H]1CC[C@H](NS(=O)(=O)c2ccc(C(F)(F)F)cc2)CC1. The Labute approximate surface area is 144 Å². The summed E-state index contributed by atoms with van der Waals surface area (Å²) in [6, 6.07) is 3.02. The minimum atomic E-state index is -4.51. The molecule has 0 bridgehead atoms. The van der Waals surface area contributed by atoms with Gasteiger partial charge in [-0.05, 0) is 56.9 Å². The van der Waals surface area contributed by atoms with Crippen molar-refractivity contribution in [3.05, 3.63) is 29.8 Å². The smallest absolute Gasteiger partial charge is 0.416 e. The first-order valence-corrected chi connectivity index (χ1v) is 9.48. The number of rotatable bonds is 5. The number of alkyl halides is 3. The summed E-state index contributed by atoms with van der Waals surface area (Å²) in [4.78, 5) is 11.5. The van der Waals surface area contributed by atoms with E-state index in [2.05, 4.69) is 4.72 Å². The number of hydrogen-bond acceptors (Lipinski definition) is 4. The molecule has 1 aromatic rings. The number of esters is 1. The van der Waals surface area contributed by atoms with Crippen LogP contribution in [0.15, 0.2) is 29.2 Å². The van der Waals surface area contributed by atoms with Crippen LogP contribution < -0.4 is 4.72 Å². The Morgan fingerprint density at radius 3 is 2.20 bits per heavy atom. The molecule has 1 aromatic carbocycles. The zero-order valence-corrected chi connectivity index (χ0v) is 14.5. The van der Waals surface area contributed by atoms with Crippen molar-refractivity contribution in [2.24, 2.45) is 5.92 Å². The summed E-state index contributed by atoms with van der Waals surface area (Å²) in [5.41, 5.74) is -0.901. The topological polar surface area (TPSA) is 72.5 Å². The summed E-state index contributed by atoms with van der Waals surface area (Å²) in [6.07, 6.45) is -2.54. The van der Waals surface area contributed by atoms with Gasteiger partial charge in [-0.1, -0.05) is 0 Å². The van der Waals surface area contributed by atoms with Crippen molar-refractivity contribution in [2.45, 2.75) is 49.7 Å². The standard InChI is InChI=1S/C16H20F3NO4S/c1-2-24-15(21)11-3-7-13(8-4-11)20-25(22,23)14-9-5-12(6-10-14)16(17,18)19/h5-6,9-11,13,20H,2-4,7-8H2,1H3/t11-,13-. The van der Waals surface area contributed by atoms with Crippen molar-refractivity contribution in [3.63, 3.8) is 0 Å². The van der Waals surface area contributed by atoms with Gasteiger partial charge >= 0.3 is 12.1 Å². The number of carbonyl (C=O) groups is 1. The van der Waals surface area contributed by atoms with Gasteiger partial charge in [0.05, 0.1) is 23.0 Å². The molecule has 0 amide bonds. The molecule has 0 saturated heterocycles. The van der Waals surface area contributed by atoms with Crippen LogP contribution >= 0.6 is 0 Å². The minimum absolute atomic E-state index is 0.215. The van der Waals surface area contributed by atoms with E-state index in [0.717, 1.165) is 24.3 Å². The highest BCUT2D eigenvalue weighted by Gasteiger charge is 2.32. The molecule has 9 heteroatoms. The van der Waals surface area contributed by atoms with Crippen LogP contribution in [0.5, 0.6) is 0 Å². The third-order valence-electron chi connectivity index (χ3n) is 4.16. The van der Waals surface area contributed by atoms with E-state index in [0.29, 0.717) is 32.3 Å². The molecule has 25 heavy (non-hydrogen) atoms. The molecule has 0 unspecified atom stereocenters. The Bertz CT molecular complexity index is 693. The Morgan fingerprint density at radius 2 is 1.72 bits per heavy atom. The highest BCUT2D eigenvalue weighted by Crippen LogP contribution is 2.30. The van der Waals surface area contributed by atoms with Crippen molar-refractivity contribution in [1.29, 1.82) is 0 Å². The van der Waals surface area contributed by atoms with Crippen LogP contribution in [-0.2, 0) is 25.7 Å². The second kappa shape index (κ2) is 7.74. The third-order valence-corrected chi connectivity index (χ3v) is 5.70. The van der Waals surface area contributed by atoms with Gasteiger partial charge in [0, 0.05) is 6.04 Å². The summed E-state index contributed by atoms with van der Waals surface area (Å²) in [6.45, 7) is 2.03. The maximum Gasteiger partial charge on any atom is 0.416 e. The molecule has 1 aliphatic rings. The van der Waals surface area contributed by atoms with Crippen molar-refractivity contribution < 1.29 is 31.1 Å². The normalized spacial score (nSPS) is 21.8. The fraction of sp³-hybridized carbons (Fsp3) is 0.562. The number of sulfonamides is 1. The van der Waals surface area contributed by atoms with E-state index in [1.165, 1.54) is 0 Å². The Morgan fingerprint density at radius 1 is 1.16 bits per heavy atom. The first-order chi connectivity index (χ1) is 11.6. The molecule has 5 nitrogen and oxygen atoms in total. The summed E-state index contributed by atoms with van der Waals surface area (Å²) >= 11 is 0. The molecule has 0 atom stereocenters. The van der Waals surface area contributed by atoms with Crippen LogP contribution in [0.3, 0.4) is 0 Å². The lowest BCUT2D eigenvalue weighted by atomic mass is 9.86. The van der Waals surface area contributed by atoms with Crippen molar-refractivity contribution in [1.82, 2.24) is 4.72 Å². The lowest BCUT2D eigenvalue weighted by Crippen LogP contribution is -2.39. The number of nitrogens with one attached hydrogen (secondary N) is 1. The van der Waals surface area contributed by atoms with Crippen LogP contribution in [-0.4, -0.2) is 27.0 Å². The van der Waals surface area contributed by atoms with Crippen molar-refractivity contribution >= 4 is 16.0 Å². The quantitative estimate of drug-likeness (QED) is 0.798. The van der Waals surface area contributed by atoms with Gasteiger partial charge in [-0.25, -0.2) is 13.1 Å². The summed E-state index contributed by atoms with van der Waals surface area (Å²) in [7, 11) is -3.90. The molecular weight excluding hydrogens is 359 g/mol. The second-order valence-corrected chi connectivity index (χ2v) is 7.66. The molecule has 0 aliphatic heterocycles. The van der Waals surface area contributed by atoms with E-state index in [1.807, 2.05) is 0 Å². The largest absolute Gasteiger partial charge is 0.466 e. The predicted octanol–water partition coefficient (Wildman–Crippen LogP) is 3.11. The molecule has 140 valence electrons. The van der Waals surface area contributed by atoms with E-state index in [-0.39, 0.29) is 22.8 Å². The van der Waals surface area contributed by atoms with Crippen LogP contribution in [0, 0.1) is 5.92 Å².